The van der Waals surface area contributed by atoms with Crippen LogP contribution in [-0.2, 0) is 0 Å². The molecule has 1 heteroatoms. The lowest BCUT2D eigenvalue weighted by atomic mass is 9.84. The van der Waals surface area contributed by atoms with Gasteiger partial charge in [-0.25, -0.2) is 0 Å². The largest absolute Gasteiger partial charge is 0.311 e. The zero-order valence-electron chi connectivity index (χ0n) is 8.73. The van der Waals surface area contributed by atoms with Gasteiger partial charge in [-0.1, -0.05) is 19.1 Å². The van der Waals surface area contributed by atoms with E-state index in [1.165, 1.54) is 44.2 Å². The molecule has 0 bridgehead atoms. The first-order valence-electron chi connectivity index (χ1n) is 5.68. The first kappa shape index (κ1) is 9.26. The van der Waals surface area contributed by atoms with Crippen molar-refractivity contribution in [1.82, 2.24) is 5.32 Å². The Hall–Kier alpha value is -0.300. The second kappa shape index (κ2) is 3.45. The van der Waals surface area contributed by atoms with E-state index >= 15 is 0 Å². The topological polar surface area (TPSA) is 12.0 Å². The van der Waals surface area contributed by atoms with Gasteiger partial charge >= 0.3 is 0 Å². The predicted molar refractivity (Wildman–Crippen MR) is 56.7 cm³/mol. The van der Waals surface area contributed by atoms with Crippen LogP contribution >= 0.6 is 0 Å². The average molecular weight is 179 g/mol. The van der Waals surface area contributed by atoms with Gasteiger partial charge in [0.2, 0.25) is 0 Å². The zero-order chi connectivity index (χ0) is 9.31. The number of nitrogens with one attached hydrogen (secondary N) is 1. The Morgan fingerprint density at radius 1 is 1.54 bits per heavy atom. The van der Waals surface area contributed by atoms with Crippen molar-refractivity contribution in [3.8, 4) is 0 Å². The van der Waals surface area contributed by atoms with Crippen LogP contribution in [0.4, 0.5) is 0 Å². The van der Waals surface area contributed by atoms with E-state index in [0.717, 1.165) is 12.3 Å². The fraction of sp³-hybridized carbons (Fsp3) is 0.833. The SMILES string of the molecule is C=C(CC)CC1(C2CC2)CCCN1. The summed E-state index contributed by atoms with van der Waals surface area (Å²) in [5.41, 5.74) is 1.91. The van der Waals surface area contributed by atoms with Gasteiger partial charge in [-0.05, 0) is 51.0 Å². The van der Waals surface area contributed by atoms with Crippen LogP contribution in [0.5, 0.6) is 0 Å². The summed E-state index contributed by atoms with van der Waals surface area (Å²) in [4.78, 5) is 0. The lowest BCUT2D eigenvalue weighted by Crippen LogP contribution is -2.42. The maximum absolute atomic E-state index is 4.15. The Kier molecular flexibility index (Phi) is 2.46. The van der Waals surface area contributed by atoms with Crippen molar-refractivity contribution < 1.29 is 0 Å². The highest BCUT2D eigenvalue weighted by Crippen LogP contribution is 2.47. The summed E-state index contributed by atoms with van der Waals surface area (Å²) in [6.07, 6.45) is 8.03. The van der Waals surface area contributed by atoms with E-state index in [2.05, 4.69) is 18.8 Å². The minimum atomic E-state index is 0.479. The molecular formula is C12H21N. The molecule has 1 N–H and O–H groups in total. The molecule has 2 aliphatic rings. The summed E-state index contributed by atoms with van der Waals surface area (Å²) < 4.78 is 0. The Labute approximate surface area is 81.6 Å². The van der Waals surface area contributed by atoms with Crippen molar-refractivity contribution in [2.45, 2.75) is 51.0 Å². The maximum atomic E-state index is 4.15. The van der Waals surface area contributed by atoms with E-state index in [4.69, 9.17) is 0 Å². The number of rotatable bonds is 4. The quantitative estimate of drug-likeness (QED) is 0.654. The molecule has 0 radical (unpaired) electrons. The molecule has 1 atom stereocenters. The minimum absolute atomic E-state index is 0.479. The first-order valence-corrected chi connectivity index (χ1v) is 5.68. The van der Waals surface area contributed by atoms with E-state index in [1.54, 1.807) is 0 Å². The van der Waals surface area contributed by atoms with Crippen molar-refractivity contribution in [2.75, 3.05) is 6.54 Å². The van der Waals surface area contributed by atoms with Gasteiger partial charge in [-0.2, -0.15) is 0 Å². The molecule has 0 aromatic rings. The van der Waals surface area contributed by atoms with Crippen molar-refractivity contribution >= 4 is 0 Å². The van der Waals surface area contributed by atoms with Crippen molar-refractivity contribution in [2.24, 2.45) is 5.92 Å². The standard InChI is InChI=1S/C12H21N/c1-3-10(2)9-12(11-5-6-11)7-4-8-13-12/h11,13H,2-9H2,1H3. The lowest BCUT2D eigenvalue weighted by Gasteiger charge is -2.30. The molecule has 0 aromatic carbocycles. The molecule has 0 amide bonds. The molecule has 1 saturated heterocycles. The van der Waals surface area contributed by atoms with Crippen LogP contribution in [0.3, 0.4) is 0 Å². The highest BCUT2D eigenvalue weighted by atomic mass is 15.0. The fourth-order valence-electron chi connectivity index (χ4n) is 2.68. The summed E-state index contributed by atoms with van der Waals surface area (Å²) in [6.45, 7) is 7.60. The van der Waals surface area contributed by atoms with Crippen LogP contribution < -0.4 is 5.32 Å². The Bertz CT molecular complexity index is 197. The highest BCUT2D eigenvalue weighted by molar-refractivity contribution is 5.11. The molecule has 1 saturated carbocycles. The second-order valence-electron chi connectivity index (χ2n) is 4.74. The van der Waals surface area contributed by atoms with E-state index in [1.807, 2.05) is 0 Å². The smallest absolute Gasteiger partial charge is 0.0247 e. The second-order valence-corrected chi connectivity index (χ2v) is 4.74. The molecule has 2 fully saturated rings. The van der Waals surface area contributed by atoms with Gasteiger partial charge in [0.15, 0.2) is 0 Å². The molecule has 0 aromatic heterocycles. The average Bonchev–Trinajstić information content (AvgIpc) is 2.89. The summed E-state index contributed by atoms with van der Waals surface area (Å²) in [6, 6.07) is 0. The van der Waals surface area contributed by atoms with E-state index in [0.29, 0.717) is 5.54 Å². The summed E-state index contributed by atoms with van der Waals surface area (Å²) in [7, 11) is 0. The molecule has 1 unspecified atom stereocenters. The van der Waals surface area contributed by atoms with Crippen LogP contribution in [-0.4, -0.2) is 12.1 Å². The Balaban J connectivity index is 2.00. The maximum Gasteiger partial charge on any atom is 0.0247 e. The van der Waals surface area contributed by atoms with Gasteiger partial charge in [0, 0.05) is 5.54 Å². The third-order valence-electron chi connectivity index (χ3n) is 3.70. The number of hydrogen-bond acceptors (Lipinski definition) is 1. The Morgan fingerprint density at radius 2 is 2.31 bits per heavy atom. The summed E-state index contributed by atoms with van der Waals surface area (Å²) >= 11 is 0. The van der Waals surface area contributed by atoms with Crippen molar-refractivity contribution in [3.05, 3.63) is 12.2 Å². The number of hydrogen-bond donors (Lipinski definition) is 1. The summed E-state index contributed by atoms with van der Waals surface area (Å²) in [5.74, 6) is 0.971. The molecule has 13 heavy (non-hydrogen) atoms. The molecule has 1 aliphatic carbocycles. The van der Waals surface area contributed by atoms with Crippen LogP contribution in [0.25, 0.3) is 0 Å². The van der Waals surface area contributed by atoms with Crippen LogP contribution in [0.15, 0.2) is 12.2 Å². The molecular weight excluding hydrogens is 158 g/mol. The Morgan fingerprint density at radius 3 is 2.77 bits per heavy atom. The van der Waals surface area contributed by atoms with Gasteiger partial charge < -0.3 is 5.32 Å². The molecule has 2 rings (SSSR count). The van der Waals surface area contributed by atoms with Crippen LogP contribution in [0.1, 0.15) is 45.4 Å². The zero-order valence-corrected chi connectivity index (χ0v) is 8.73. The summed E-state index contributed by atoms with van der Waals surface area (Å²) in [5, 5.41) is 3.74. The van der Waals surface area contributed by atoms with Gasteiger partial charge in [-0.15, -0.1) is 0 Å². The van der Waals surface area contributed by atoms with E-state index in [-0.39, 0.29) is 0 Å². The fourth-order valence-corrected chi connectivity index (χ4v) is 2.68. The molecule has 1 nitrogen and oxygen atoms in total. The highest BCUT2D eigenvalue weighted by Gasteiger charge is 2.46. The third-order valence-corrected chi connectivity index (χ3v) is 3.70. The van der Waals surface area contributed by atoms with Gasteiger partial charge in [0.1, 0.15) is 0 Å². The normalized spacial score (nSPS) is 33.6. The molecule has 0 spiro atoms. The van der Waals surface area contributed by atoms with E-state index in [9.17, 15) is 0 Å². The third kappa shape index (κ3) is 1.80. The molecule has 1 heterocycles. The molecule has 1 aliphatic heterocycles. The van der Waals surface area contributed by atoms with Gasteiger partial charge in [-0.3, -0.25) is 0 Å². The van der Waals surface area contributed by atoms with Gasteiger partial charge in [0.05, 0.1) is 0 Å². The van der Waals surface area contributed by atoms with Crippen LogP contribution in [0.2, 0.25) is 0 Å². The monoisotopic (exact) mass is 179 g/mol. The van der Waals surface area contributed by atoms with Crippen LogP contribution in [0, 0.1) is 5.92 Å². The van der Waals surface area contributed by atoms with Crippen molar-refractivity contribution in [1.29, 1.82) is 0 Å². The lowest BCUT2D eigenvalue weighted by molar-refractivity contribution is 0.321. The van der Waals surface area contributed by atoms with Crippen molar-refractivity contribution in [3.63, 3.8) is 0 Å². The minimum Gasteiger partial charge on any atom is -0.311 e. The van der Waals surface area contributed by atoms with E-state index < -0.39 is 0 Å². The van der Waals surface area contributed by atoms with Gasteiger partial charge in [0.25, 0.3) is 0 Å². The predicted octanol–water partition coefficient (Wildman–Crippen LogP) is 2.87. The molecule has 74 valence electrons. The first-order chi connectivity index (χ1) is 6.27.